The fourth-order valence-electron chi connectivity index (χ4n) is 2.73. The molecule has 1 nitrogen and oxygen atoms in total. The van der Waals surface area contributed by atoms with Gasteiger partial charge in [-0.15, -0.1) is 0 Å². The first-order valence-corrected chi connectivity index (χ1v) is 6.66. The highest BCUT2D eigenvalue weighted by Gasteiger charge is 2.40. The highest BCUT2D eigenvalue weighted by Crippen LogP contribution is 2.49. The Labute approximate surface area is 109 Å². The second-order valence-corrected chi connectivity index (χ2v) is 5.35. The summed E-state index contributed by atoms with van der Waals surface area (Å²) in [7, 11) is 0. The third kappa shape index (κ3) is 2.19. The lowest BCUT2D eigenvalue weighted by Gasteiger charge is -2.06. The zero-order valence-corrected chi connectivity index (χ0v) is 10.7. The Morgan fingerprint density at radius 2 is 1.56 bits per heavy atom. The molecule has 3 rings (SSSR count). The predicted molar refractivity (Wildman–Crippen MR) is 76.4 cm³/mol. The van der Waals surface area contributed by atoms with Crippen LogP contribution in [-0.2, 0) is 0 Å². The van der Waals surface area contributed by atoms with E-state index in [1.165, 1.54) is 23.1 Å². The van der Waals surface area contributed by atoms with Gasteiger partial charge in [0, 0.05) is 6.04 Å². The van der Waals surface area contributed by atoms with E-state index in [0.717, 1.165) is 0 Å². The molecule has 1 aliphatic rings. The van der Waals surface area contributed by atoms with Crippen LogP contribution in [0.5, 0.6) is 0 Å². The van der Waals surface area contributed by atoms with Gasteiger partial charge in [0.25, 0.3) is 0 Å². The molecule has 3 unspecified atom stereocenters. The molecule has 0 amide bonds. The van der Waals surface area contributed by atoms with E-state index in [1.807, 2.05) is 0 Å². The van der Waals surface area contributed by atoms with Crippen molar-refractivity contribution in [1.29, 1.82) is 0 Å². The normalized spacial score (nSPS) is 23.7. The van der Waals surface area contributed by atoms with Crippen LogP contribution in [0.4, 0.5) is 0 Å². The molecule has 0 aromatic heterocycles. The highest BCUT2D eigenvalue weighted by molar-refractivity contribution is 5.63. The van der Waals surface area contributed by atoms with Crippen LogP contribution >= 0.6 is 0 Å². The molecule has 18 heavy (non-hydrogen) atoms. The summed E-state index contributed by atoms with van der Waals surface area (Å²) >= 11 is 0. The van der Waals surface area contributed by atoms with Gasteiger partial charge in [0.1, 0.15) is 0 Å². The molecule has 2 aromatic carbocycles. The molecule has 1 saturated carbocycles. The van der Waals surface area contributed by atoms with Gasteiger partial charge < -0.3 is 5.73 Å². The van der Waals surface area contributed by atoms with Gasteiger partial charge >= 0.3 is 0 Å². The van der Waals surface area contributed by atoms with Gasteiger partial charge in [0.15, 0.2) is 0 Å². The Morgan fingerprint density at radius 3 is 2.11 bits per heavy atom. The van der Waals surface area contributed by atoms with E-state index < -0.39 is 0 Å². The molecule has 2 aromatic rings. The molecule has 1 heteroatoms. The first-order chi connectivity index (χ1) is 8.75. The van der Waals surface area contributed by atoms with Crippen LogP contribution in [0, 0.1) is 5.92 Å². The summed E-state index contributed by atoms with van der Waals surface area (Å²) in [6.45, 7) is 2.11. The number of hydrogen-bond donors (Lipinski definition) is 1. The van der Waals surface area contributed by atoms with E-state index >= 15 is 0 Å². The summed E-state index contributed by atoms with van der Waals surface area (Å²) < 4.78 is 0. The van der Waals surface area contributed by atoms with Crippen LogP contribution in [0.1, 0.15) is 24.8 Å². The van der Waals surface area contributed by atoms with E-state index in [9.17, 15) is 0 Å². The van der Waals surface area contributed by atoms with Crippen LogP contribution in [0.15, 0.2) is 54.6 Å². The SMILES string of the molecule is CC(N)C1CC1c1ccc(-c2ccccc2)cc1. The maximum absolute atomic E-state index is 5.95. The minimum absolute atomic E-state index is 0.323. The number of benzene rings is 2. The van der Waals surface area contributed by atoms with Gasteiger partial charge in [0.05, 0.1) is 0 Å². The van der Waals surface area contributed by atoms with Crippen molar-refractivity contribution >= 4 is 0 Å². The maximum atomic E-state index is 5.95. The minimum Gasteiger partial charge on any atom is -0.328 e. The maximum Gasteiger partial charge on any atom is 0.00448 e. The molecule has 1 fully saturated rings. The summed E-state index contributed by atoms with van der Waals surface area (Å²) in [5.41, 5.74) is 9.96. The standard InChI is InChI=1S/C17H19N/c1-12(18)16-11-17(16)15-9-7-14(8-10-15)13-5-3-2-4-6-13/h2-10,12,16-17H,11,18H2,1H3. The van der Waals surface area contributed by atoms with Crippen molar-refractivity contribution in [3.8, 4) is 11.1 Å². The van der Waals surface area contributed by atoms with Crippen LogP contribution in [0.2, 0.25) is 0 Å². The average Bonchev–Trinajstić information content (AvgIpc) is 3.20. The smallest absolute Gasteiger partial charge is 0.00448 e. The molecule has 3 atom stereocenters. The third-order valence-corrected chi connectivity index (χ3v) is 3.96. The van der Waals surface area contributed by atoms with Crippen molar-refractivity contribution in [2.45, 2.75) is 25.3 Å². The Bertz CT molecular complexity index is 513. The van der Waals surface area contributed by atoms with Crippen LogP contribution in [0.3, 0.4) is 0 Å². The van der Waals surface area contributed by atoms with E-state index in [0.29, 0.717) is 17.9 Å². The summed E-state index contributed by atoms with van der Waals surface area (Å²) in [6.07, 6.45) is 1.25. The molecular formula is C17H19N. The first kappa shape index (κ1) is 11.5. The first-order valence-electron chi connectivity index (χ1n) is 6.66. The Morgan fingerprint density at radius 1 is 0.944 bits per heavy atom. The highest BCUT2D eigenvalue weighted by atomic mass is 14.7. The largest absolute Gasteiger partial charge is 0.328 e. The van der Waals surface area contributed by atoms with E-state index in [-0.39, 0.29) is 0 Å². The molecule has 0 heterocycles. The average molecular weight is 237 g/mol. The third-order valence-electron chi connectivity index (χ3n) is 3.96. The minimum atomic E-state index is 0.323. The summed E-state index contributed by atoms with van der Waals surface area (Å²) in [5, 5.41) is 0. The lowest BCUT2D eigenvalue weighted by Crippen LogP contribution is -2.17. The van der Waals surface area contributed by atoms with Crippen molar-refractivity contribution in [3.63, 3.8) is 0 Å². The molecule has 0 saturated heterocycles. The molecule has 2 N–H and O–H groups in total. The molecule has 0 aliphatic heterocycles. The lowest BCUT2D eigenvalue weighted by atomic mass is 10.0. The number of rotatable bonds is 3. The zero-order valence-electron chi connectivity index (χ0n) is 10.7. The van der Waals surface area contributed by atoms with Crippen LogP contribution in [0.25, 0.3) is 11.1 Å². The van der Waals surface area contributed by atoms with Crippen molar-refractivity contribution in [2.24, 2.45) is 11.7 Å². The van der Waals surface area contributed by atoms with E-state index in [1.54, 1.807) is 0 Å². The summed E-state index contributed by atoms with van der Waals surface area (Å²) in [6, 6.07) is 19.8. The zero-order chi connectivity index (χ0) is 12.5. The Balaban J connectivity index is 1.79. The molecule has 0 spiro atoms. The van der Waals surface area contributed by atoms with Gasteiger partial charge in [-0.05, 0) is 41.9 Å². The molecular weight excluding hydrogens is 218 g/mol. The quantitative estimate of drug-likeness (QED) is 0.863. The summed E-state index contributed by atoms with van der Waals surface area (Å²) in [4.78, 5) is 0. The topological polar surface area (TPSA) is 26.0 Å². The van der Waals surface area contributed by atoms with Gasteiger partial charge in [-0.1, -0.05) is 54.6 Å². The summed E-state index contributed by atoms with van der Waals surface area (Å²) in [5.74, 6) is 1.38. The monoisotopic (exact) mass is 237 g/mol. The van der Waals surface area contributed by atoms with Crippen molar-refractivity contribution < 1.29 is 0 Å². The van der Waals surface area contributed by atoms with Crippen LogP contribution in [-0.4, -0.2) is 6.04 Å². The Kier molecular flexibility index (Phi) is 2.92. The van der Waals surface area contributed by atoms with Gasteiger partial charge in [0.2, 0.25) is 0 Å². The predicted octanol–water partition coefficient (Wildman–Crippen LogP) is 3.80. The second kappa shape index (κ2) is 4.58. The number of hydrogen-bond acceptors (Lipinski definition) is 1. The molecule has 92 valence electrons. The fourth-order valence-corrected chi connectivity index (χ4v) is 2.73. The fraction of sp³-hybridized carbons (Fsp3) is 0.294. The Hall–Kier alpha value is -1.60. The van der Waals surface area contributed by atoms with Crippen molar-refractivity contribution in [1.82, 2.24) is 0 Å². The van der Waals surface area contributed by atoms with Crippen LogP contribution < -0.4 is 5.73 Å². The van der Waals surface area contributed by atoms with E-state index in [2.05, 4.69) is 61.5 Å². The molecule has 0 radical (unpaired) electrons. The van der Waals surface area contributed by atoms with Gasteiger partial charge in [-0.2, -0.15) is 0 Å². The van der Waals surface area contributed by atoms with Gasteiger partial charge in [-0.25, -0.2) is 0 Å². The second-order valence-electron chi connectivity index (χ2n) is 5.35. The van der Waals surface area contributed by atoms with Gasteiger partial charge in [-0.3, -0.25) is 0 Å². The van der Waals surface area contributed by atoms with Crippen molar-refractivity contribution in [3.05, 3.63) is 60.2 Å². The van der Waals surface area contributed by atoms with Crippen molar-refractivity contribution in [2.75, 3.05) is 0 Å². The van der Waals surface area contributed by atoms with E-state index in [4.69, 9.17) is 5.73 Å². The number of nitrogens with two attached hydrogens (primary N) is 1. The molecule has 0 bridgehead atoms. The molecule has 1 aliphatic carbocycles. The lowest BCUT2D eigenvalue weighted by molar-refractivity contribution is 0.631.